The van der Waals surface area contributed by atoms with Crippen LogP contribution in [0.5, 0.6) is 5.75 Å². The molecule has 0 fully saturated rings. The number of thioether (sulfide) groups is 1. The van der Waals surface area contributed by atoms with Crippen molar-refractivity contribution < 1.29 is 14.3 Å². The van der Waals surface area contributed by atoms with Gasteiger partial charge in [0.1, 0.15) is 5.75 Å². The Kier molecular flexibility index (Phi) is 8.34. The van der Waals surface area contributed by atoms with E-state index in [1.165, 1.54) is 23.1 Å². The van der Waals surface area contributed by atoms with Crippen molar-refractivity contribution in [2.75, 3.05) is 24.7 Å². The van der Waals surface area contributed by atoms with Crippen molar-refractivity contribution in [2.45, 2.75) is 24.6 Å². The molecule has 0 spiro atoms. The first-order chi connectivity index (χ1) is 13.0. The largest absolute Gasteiger partial charge is 0.495 e. The molecule has 8 nitrogen and oxygen atoms in total. The van der Waals surface area contributed by atoms with Crippen LogP contribution < -0.4 is 20.7 Å². The number of rotatable bonds is 9. The van der Waals surface area contributed by atoms with E-state index >= 15 is 0 Å². The zero-order valence-corrected chi connectivity index (χ0v) is 17.1. The number of para-hydroxylation sites is 2. The molecule has 0 aliphatic heterocycles. The van der Waals surface area contributed by atoms with Gasteiger partial charge in [0.15, 0.2) is 4.34 Å². The smallest absolute Gasteiger partial charge is 0.321 e. The van der Waals surface area contributed by atoms with Gasteiger partial charge in [-0.25, -0.2) is 4.79 Å². The Morgan fingerprint density at radius 1 is 1.26 bits per heavy atom. The van der Waals surface area contributed by atoms with Gasteiger partial charge >= 0.3 is 6.03 Å². The Labute approximate surface area is 166 Å². The number of amides is 3. The SMILES string of the molecule is COc1ccccc1Nc1nnc(SCC(=O)NC(=O)NCCC(C)C)s1. The molecule has 0 aliphatic carbocycles. The predicted octanol–water partition coefficient (Wildman–Crippen LogP) is 3.25. The van der Waals surface area contributed by atoms with Crippen LogP contribution in [0, 0.1) is 5.92 Å². The van der Waals surface area contributed by atoms with Gasteiger partial charge in [0.25, 0.3) is 0 Å². The number of methoxy groups -OCH3 is 1. The first-order valence-corrected chi connectivity index (χ1v) is 10.2. The van der Waals surface area contributed by atoms with E-state index in [0.29, 0.717) is 27.7 Å². The number of urea groups is 1. The topological polar surface area (TPSA) is 105 Å². The Bertz CT molecular complexity index is 767. The van der Waals surface area contributed by atoms with Crippen LogP contribution in [0.15, 0.2) is 28.6 Å². The van der Waals surface area contributed by atoms with Gasteiger partial charge in [0.05, 0.1) is 18.6 Å². The molecule has 3 N–H and O–H groups in total. The van der Waals surface area contributed by atoms with E-state index in [1.807, 2.05) is 24.3 Å². The lowest BCUT2D eigenvalue weighted by molar-refractivity contribution is -0.117. The van der Waals surface area contributed by atoms with Crippen LogP contribution in [0.3, 0.4) is 0 Å². The minimum Gasteiger partial charge on any atom is -0.495 e. The van der Waals surface area contributed by atoms with Gasteiger partial charge in [-0.15, -0.1) is 10.2 Å². The molecular weight excluding hydrogens is 386 g/mol. The fourth-order valence-electron chi connectivity index (χ4n) is 1.99. The summed E-state index contributed by atoms with van der Waals surface area (Å²) in [5, 5.41) is 16.8. The Morgan fingerprint density at radius 2 is 2.04 bits per heavy atom. The summed E-state index contributed by atoms with van der Waals surface area (Å²) in [6.45, 7) is 4.68. The third-order valence-corrected chi connectivity index (χ3v) is 5.31. The molecule has 0 bridgehead atoms. The van der Waals surface area contributed by atoms with Crippen LogP contribution in [-0.4, -0.2) is 41.5 Å². The summed E-state index contributed by atoms with van der Waals surface area (Å²) in [5.74, 6) is 0.898. The van der Waals surface area contributed by atoms with Gasteiger partial charge in [-0.2, -0.15) is 0 Å². The number of ether oxygens (including phenoxy) is 1. The lowest BCUT2D eigenvalue weighted by Crippen LogP contribution is -2.40. The number of benzene rings is 1. The number of carbonyl (C=O) groups is 2. The summed E-state index contributed by atoms with van der Waals surface area (Å²) < 4.78 is 5.91. The monoisotopic (exact) mass is 409 g/mol. The molecule has 2 aromatic rings. The molecule has 146 valence electrons. The van der Waals surface area contributed by atoms with Crippen LogP contribution in [0.1, 0.15) is 20.3 Å². The van der Waals surface area contributed by atoms with Crippen LogP contribution in [0.25, 0.3) is 0 Å². The van der Waals surface area contributed by atoms with E-state index in [0.717, 1.165) is 12.1 Å². The molecule has 0 aliphatic rings. The van der Waals surface area contributed by atoms with E-state index < -0.39 is 6.03 Å². The quantitative estimate of drug-likeness (QED) is 0.546. The normalized spacial score (nSPS) is 10.5. The summed E-state index contributed by atoms with van der Waals surface area (Å²) in [5.41, 5.74) is 0.781. The number of imide groups is 1. The Morgan fingerprint density at radius 3 is 2.78 bits per heavy atom. The fraction of sp³-hybridized carbons (Fsp3) is 0.412. The second-order valence-electron chi connectivity index (χ2n) is 5.97. The zero-order valence-electron chi connectivity index (χ0n) is 15.4. The number of hydrogen-bond donors (Lipinski definition) is 3. The predicted molar refractivity (Wildman–Crippen MR) is 108 cm³/mol. The first-order valence-electron chi connectivity index (χ1n) is 8.42. The van der Waals surface area contributed by atoms with Gasteiger partial charge in [0, 0.05) is 6.54 Å². The summed E-state index contributed by atoms with van der Waals surface area (Å²) in [4.78, 5) is 23.5. The lowest BCUT2D eigenvalue weighted by Gasteiger charge is -2.07. The average Bonchev–Trinajstić information content (AvgIpc) is 3.07. The molecule has 0 saturated carbocycles. The van der Waals surface area contributed by atoms with Crippen LogP contribution in [0.4, 0.5) is 15.6 Å². The molecule has 0 saturated heterocycles. The highest BCUT2D eigenvalue weighted by atomic mass is 32.2. The van der Waals surface area contributed by atoms with E-state index in [9.17, 15) is 9.59 Å². The van der Waals surface area contributed by atoms with Crippen molar-refractivity contribution in [3.63, 3.8) is 0 Å². The molecule has 3 amide bonds. The highest BCUT2D eigenvalue weighted by molar-refractivity contribution is 8.01. The second kappa shape index (κ2) is 10.7. The molecule has 1 heterocycles. The summed E-state index contributed by atoms with van der Waals surface area (Å²) in [6, 6.07) is 7.01. The molecule has 0 unspecified atom stereocenters. The summed E-state index contributed by atoms with van der Waals surface area (Å²) in [7, 11) is 1.60. The third kappa shape index (κ3) is 7.43. The number of nitrogens with zero attached hydrogens (tertiary/aromatic N) is 2. The van der Waals surface area contributed by atoms with Crippen LogP contribution >= 0.6 is 23.1 Å². The Hall–Kier alpha value is -2.33. The molecule has 27 heavy (non-hydrogen) atoms. The van der Waals surface area contributed by atoms with E-state index in [4.69, 9.17) is 4.74 Å². The van der Waals surface area contributed by atoms with Crippen molar-refractivity contribution in [1.82, 2.24) is 20.8 Å². The highest BCUT2D eigenvalue weighted by Crippen LogP contribution is 2.31. The number of anilines is 2. The van der Waals surface area contributed by atoms with Crippen molar-refractivity contribution in [2.24, 2.45) is 5.92 Å². The molecule has 1 aromatic carbocycles. The lowest BCUT2D eigenvalue weighted by atomic mass is 10.1. The molecule has 1 aromatic heterocycles. The molecule has 0 radical (unpaired) electrons. The van der Waals surface area contributed by atoms with Gasteiger partial charge in [-0.1, -0.05) is 49.1 Å². The minimum atomic E-state index is -0.475. The maximum absolute atomic E-state index is 11.8. The first kappa shape index (κ1) is 21.0. The van der Waals surface area contributed by atoms with E-state index in [-0.39, 0.29) is 11.7 Å². The van der Waals surface area contributed by atoms with Gasteiger partial charge in [-0.05, 0) is 24.5 Å². The number of carbonyl (C=O) groups excluding carboxylic acids is 2. The highest BCUT2D eigenvalue weighted by Gasteiger charge is 2.12. The Balaban J connectivity index is 1.77. The van der Waals surface area contributed by atoms with Gasteiger partial charge in [-0.3, -0.25) is 10.1 Å². The number of nitrogens with one attached hydrogen (secondary N) is 3. The van der Waals surface area contributed by atoms with E-state index in [2.05, 4.69) is 40.0 Å². The standard InChI is InChI=1S/C17H23N5O3S2/c1-11(2)8-9-18-15(24)20-14(23)10-26-17-22-21-16(27-17)19-12-6-4-5-7-13(12)25-3/h4-7,11H,8-10H2,1-3H3,(H,19,21)(H2,18,20,23,24). The molecule has 10 heteroatoms. The van der Waals surface area contributed by atoms with Crippen molar-refractivity contribution in [1.29, 1.82) is 0 Å². The van der Waals surface area contributed by atoms with Gasteiger partial charge < -0.3 is 15.4 Å². The second-order valence-corrected chi connectivity index (χ2v) is 8.17. The van der Waals surface area contributed by atoms with Gasteiger partial charge in [0.2, 0.25) is 11.0 Å². The zero-order chi connectivity index (χ0) is 19.6. The van der Waals surface area contributed by atoms with Crippen LogP contribution in [0.2, 0.25) is 0 Å². The molecule has 2 rings (SSSR count). The fourth-order valence-corrected chi connectivity index (χ4v) is 3.55. The average molecular weight is 410 g/mol. The van der Waals surface area contributed by atoms with Crippen molar-refractivity contribution in [3.05, 3.63) is 24.3 Å². The summed E-state index contributed by atoms with van der Waals surface area (Å²) >= 11 is 2.54. The minimum absolute atomic E-state index is 0.0842. The maximum Gasteiger partial charge on any atom is 0.321 e. The molecule has 0 atom stereocenters. The maximum atomic E-state index is 11.8. The molecular formula is C17H23N5O3S2. The number of aromatic nitrogens is 2. The van der Waals surface area contributed by atoms with E-state index in [1.54, 1.807) is 7.11 Å². The van der Waals surface area contributed by atoms with Crippen molar-refractivity contribution >= 4 is 45.9 Å². The number of hydrogen-bond acceptors (Lipinski definition) is 8. The van der Waals surface area contributed by atoms with Crippen LogP contribution in [-0.2, 0) is 4.79 Å². The van der Waals surface area contributed by atoms with Crippen molar-refractivity contribution in [3.8, 4) is 5.75 Å². The summed E-state index contributed by atoms with van der Waals surface area (Å²) in [6.07, 6.45) is 0.864. The third-order valence-electron chi connectivity index (χ3n) is 3.34.